The van der Waals surface area contributed by atoms with Gasteiger partial charge in [0.25, 0.3) is 0 Å². The Hall–Kier alpha value is -1.97. The third kappa shape index (κ3) is 5.78. The minimum absolute atomic E-state index is 0.0880. The molecule has 0 bridgehead atoms. The summed E-state index contributed by atoms with van der Waals surface area (Å²) < 4.78 is 5.01. The average Bonchev–Trinajstić information content (AvgIpc) is 2.46. The second kappa shape index (κ2) is 9.02. The van der Waals surface area contributed by atoms with Crippen LogP contribution in [-0.4, -0.2) is 24.7 Å². The van der Waals surface area contributed by atoms with Gasteiger partial charge in [-0.1, -0.05) is 32.3 Å². The number of amides is 1. The Kier molecular flexibility index (Phi) is 7.25. The Bertz CT molecular complexity index is 455. The number of carbonyl (C=O) groups is 1. The van der Waals surface area contributed by atoms with Crippen LogP contribution in [0.5, 0.6) is 11.5 Å². The van der Waals surface area contributed by atoms with Crippen molar-refractivity contribution in [2.45, 2.75) is 32.6 Å². The van der Waals surface area contributed by atoms with Gasteiger partial charge in [-0.15, -0.1) is 0 Å². The summed E-state index contributed by atoms with van der Waals surface area (Å²) in [4.78, 5) is 11.6. The zero-order chi connectivity index (χ0) is 14.8. The van der Waals surface area contributed by atoms with Crippen LogP contribution in [0.25, 0.3) is 6.08 Å². The molecule has 0 saturated carbocycles. The predicted octanol–water partition coefficient (Wildman–Crippen LogP) is 3.11. The molecule has 1 aromatic carbocycles. The first-order valence-corrected chi connectivity index (χ1v) is 7.00. The Morgan fingerprint density at radius 2 is 2.15 bits per heavy atom. The molecule has 2 N–H and O–H groups in total. The molecule has 0 fully saturated rings. The van der Waals surface area contributed by atoms with E-state index in [0.29, 0.717) is 12.3 Å². The van der Waals surface area contributed by atoms with Gasteiger partial charge in [-0.3, -0.25) is 4.79 Å². The van der Waals surface area contributed by atoms with E-state index in [9.17, 15) is 9.90 Å². The molecule has 0 unspecified atom stereocenters. The molecule has 1 aromatic rings. The predicted molar refractivity (Wildman–Crippen MR) is 80.8 cm³/mol. The van der Waals surface area contributed by atoms with Crippen LogP contribution >= 0.6 is 0 Å². The fourth-order valence-electron chi connectivity index (χ4n) is 1.79. The van der Waals surface area contributed by atoms with Crippen molar-refractivity contribution in [1.82, 2.24) is 5.32 Å². The van der Waals surface area contributed by atoms with Gasteiger partial charge in [0.15, 0.2) is 11.5 Å². The van der Waals surface area contributed by atoms with Crippen LogP contribution < -0.4 is 10.1 Å². The highest BCUT2D eigenvalue weighted by Gasteiger charge is 2.01. The van der Waals surface area contributed by atoms with Crippen molar-refractivity contribution in [2.24, 2.45) is 0 Å². The van der Waals surface area contributed by atoms with E-state index >= 15 is 0 Å². The highest BCUT2D eigenvalue weighted by molar-refractivity contribution is 5.91. The quantitative estimate of drug-likeness (QED) is 0.567. The van der Waals surface area contributed by atoms with Crippen LogP contribution in [0.3, 0.4) is 0 Å². The second-order valence-electron chi connectivity index (χ2n) is 4.62. The summed E-state index contributed by atoms with van der Waals surface area (Å²) in [5, 5.41) is 12.3. The van der Waals surface area contributed by atoms with Crippen molar-refractivity contribution in [3.05, 3.63) is 29.8 Å². The Balaban J connectivity index is 2.41. The molecule has 0 aliphatic heterocycles. The van der Waals surface area contributed by atoms with Crippen molar-refractivity contribution < 1.29 is 14.6 Å². The highest BCUT2D eigenvalue weighted by Crippen LogP contribution is 2.26. The molecule has 0 saturated heterocycles. The summed E-state index contributed by atoms with van der Waals surface area (Å²) in [6, 6.07) is 4.95. The number of phenolic OH excluding ortho intramolecular Hbond substituents is 1. The molecule has 110 valence electrons. The molecule has 20 heavy (non-hydrogen) atoms. The summed E-state index contributed by atoms with van der Waals surface area (Å²) >= 11 is 0. The molecule has 1 amide bonds. The van der Waals surface area contributed by atoms with Gasteiger partial charge in [-0.05, 0) is 30.2 Å². The summed E-state index contributed by atoms with van der Waals surface area (Å²) in [6.07, 6.45) is 7.75. The van der Waals surface area contributed by atoms with Crippen LogP contribution in [0.1, 0.15) is 38.2 Å². The number of methoxy groups -OCH3 is 1. The molecule has 0 heterocycles. The largest absolute Gasteiger partial charge is 0.504 e. The van der Waals surface area contributed by atoms with E-state index in [-0.39, 0.29) is 11.7 Å². The lowest BCUT2D eigenvalue weighted by atomic mass is 10.2. The number of hydrogen-bond acceptors (Lipinski definition) is 3. The number of unbranched alkanes of at least 4 members (excludes halogenated alkanes) is 3. The molecule has 0 radical (unpaired) electrons. The summed E-state index contributed by atoms with van der Waals surface area (Å²) in [5.74, 6) is 0.380. The first kappa shape index (κ1) is 16.1. The van der Waals surface area contributed by atoms with Crippen molar-refractivity contribution >= 4 is 12.0 Å². The van der Waals surface area contributed by atoms with Gasteiger partial charge < -0.3 is 15.2 Å². The lowest BCUT2D eigenvalue weighted by Gasteiger charge is -2.04. The van der Waals surface area contributed by atoms with E-state index in [2.05, 4.69) is 12.2 Å². The number of benzene rings is 1. The summed E-state index contributed by atoms with van der Waals surface area (Å²) in [6.45, 7) is 2.87. The Labute approximate surface area is 120 Å². The second-order valence-corrected chi connectivity index (χ2v) is 4.62. The van der Waals surface area contributed by atoms with E-state index in [1.807, 2.05) is 0 Å². The smallest absolute Gasteiger partial charge is 0.243 e. The van der Waals surface area contributed by atoms with Gasteiger partial charge in [0, 0.05) is 12.6 Å². The molecule has 1 rings (SSSR count). The van der Waals surface area contributed by atoms with Crippen molar-refractivity contribution in [3.8, 4) is 11.5 Å². The van der Waals surface area contributed by atoms with Crippen LogP contribution in [0.2, 0.25) is 0 Å². The van der Waals surface area contributed by atoms with E-state index in [4.69, 9.17) is 4.74 Å². The maximum Gasteiger partial charge on any atom is 0.243 e. The number of phenols is 1. The van der Waals surface area contributed by atoms with Crippen LogP contribution in [0.15, 0.2) is 24.3 Å². The lowest BCUT2D eigenvalue weighted by molar-refractivity contribution is -0.116. The molecule has 0 spiro atoms. The molecular weight excluding hydrogens is 254 g/mol. The Morgan fingerprint density at radius 1 is 1.35 bits per heavy atom. The Morgan fingerprint density at radius 3 is 2.85 bits per heavy atom. The van der Waals surface area contributed by atoms with Gasteiger partial charge in [-0.25, -0.2) is 0 Å². The van der Waals surface area contributed by atoms with Gasteiger partial charge in [0.1, 0.15) is 0 Å². The third-order valence-electron chi connectivity index (χ3n) is 2.96. The van der Waals surface area contributed by atoms with Gasteiger partial charge in [0.05, 0.1) is 7.11 Å². The minimum atomic E-state index is -0.103. The topological polar surface area (TPSA) is 58.6 Å². The maximum atomic E-state index is 11.6. The molecular formula is C16H23NO3. The third-order valence-corrected chi connectivity index (χ3v) is 2.96. The number of ether oxygens (including phenoxy) is 1. The normalized spacial score (nSPS) is 10.7. The molecule has 4 nitrogen and oxygen atoms in total. The van der Waals surface area contributed by atoms with E-state index in [1.54, 1.807) is 24.3 Å². The molecule has 0 aromatic heterocycles. The van der Waals surface area contributed by atoms with E-state index in [0.717, 1.165) is 18.4 Å². The average molecular weight is 277 g/mol. The zero-order valence-corrected chi connectivity index (χ0v) is 12.2. The van der Waals surface area contributed by atoms with E-state index < -0.39 is 0 Å². The minimum Gasteiger partial charge on any atom is -0.504 e. The first-order chi connectivity index (χ1) is 9.67. The number of aromatic hydroxyl groups is 1. The fourth-order valence-corrected chi connectivity index (χ4v) is 1.79. The van der Waals surface area contributed by atoms with Crippen molar-refractivity contribution in [1.29, 1.82) is 0 Å². The van der Waals surface area contributed by atoms with Crippen molar-refractivity contribution in [3.63, 3.8) is 0 Å². The molecule has 0 atom stereocenters. The lowest BCUT2D eigenvalue weighted by Crippen LogP contribution is -2.21. The summed E-state index contributed by atoms with van der Waals surface area (Å²) in [5.41, 5.74) is 0.806. The number of rotatable bonds is 8. The van der Waals surface area contributed by atoms with Gasteiger partial charge in [0.2, 0.25) is 5.91 Å². The number of hydrogen-bond donors (Lipinski definition) is 2. The van der Waals surface area contributed by atoms with Gasteiger partial charge in [-0.2, -0.15) is 0 Å². The maximum absolute atomic E-state index is 11.6. The zero-order valence-electron chi connectivity index (χ0n) is 12.2. The highest BCUT2D eigenvalue weighted by atomic mass is 16.5. The number of nitrogens with one attached hydrogen (secondary N) is 1. The SMILES string of the molecule is CCCCCCNC(=O)C=Cc1ccc(O)c(OC)c1. The number of carbonyl (C=O) groups excluding carboxylic acids is 1. The standard InChI is InChI=1S/C16H23NO3/c1-3-4-5-6-11-17-16(19)10-8-13-7-9-14(18)15(12-13)20-2/h7-10,12,18H,3-6,11H2,1-2H3,(H,17,19). The van der Waals surface area contributed by atoms with Crippen molar-refractivity contribution in [2.75, 3.05) is 13.7 Å². The monoisotopic (exact) mass is 277 g/mol. The molecule has 0 aliphatic carbocycles. The van der Waals surface area contributed by atoms with Crippen LogP contribution in [-0.2, 0) is 4.79 Å². The molecule has 4 heteroatoms. The molecule has 0 aliphatic rings. The van der Waals surface area contributed by atoms with Crippen LogP contribution in [0.4, 0.5) is 0 Å². The first-order valence-electron chi connectivity index (χ1n) is 7.00. The fraction of sp³-hybridized carbons (Fsp3) is 0.438. The van der Waals surface area contributed by atoms with Crippen LogP contribution in [0, 0.1) is 0 Å². The van der Waals surface area contributed by atoms with E-state index in [1.165, 1.54) is 26.0 Å². The van der Waals surface area contributed by atoms with Gasteiger partial charge >= 0.3 is 0 Å². The summed E-state index contributed by atoms with van der Waals surface area (Å²) in [7, 11) is 1.49.